The number of carbonyl (C=O) groups excluding carboxylic acids is 1. The molecule has 0 saturated carbocycles. The number of nitrogens with zero attached hydrogens (tertiary/aromatic N) is 3. The lowest BCUT2D eigenvalue weighted by Gasteiger charge is -2.03. The zero-order chi connectivity index (χ0) is 16.2. The molecule has 0 amide bonds. The molecule has 0 atom stereocenters. The molecule has 6 heteroatoms. The van der Waals surface area contributed by atoms with Crippen molar-refractivity contribution in [3.05, 3.63) is 71.2 Å². The van der Waals surface area contributed by atoms with Gasteiger partial charge in [-0.05, 0) is 6.92 Å². The molecule has 3 aromatic rings. The molecule has 0 aliphatic carbocycles. The fraction of sp³-hybridized carbons (Fsp3) is 0.0588. The van der Waals surface area contributed by atoms with Crippen LogP contribution in [-0.2, 0) is 4.79 Å². The van der Waals surface area contributed by atoms with Crippen LogP contribution in [0.4, 0.5) is 0 Å². The Morgan fingerprint density at radius 3 is 2.26 bits per heavy atom. The molecule has 23 heavy (non-hydrogen) atoms. The van der Waals surface area contributed by atoms with Gasteiger partial charge >= 0.3 is 0 Å². The first-order chi connectivity index (χ1) is 11.2. The number of hydrogen-bond donors (Lipinski definition) is 1. The molecule has 114 valence electrons. The third kappa shape index (κ3) is 3.17. The van der Waals surface area contributed by atoms with Crippen molar-refractivity contribution in [2.75, 3.05) is 0 Å². The summed E-state index contributed by atoms with van der Waals surface area (Å²) in [4.78, 5) is 13.5. The molecule has 0 spiro atoms. The zero-order valence-corrected chi connectivity index (χ0v) is 13.2. The molecule has 0 radical (unpaired) electrons. The number of ketones is 1. The average Bonchev–Trinajstić information content (AvgIpc) is 3.06. The molecule has 1 N–H and O–H groups in total. The van der Waals surface area contributed by atoms with Crippen LogP contribution in [0.5, 0.6) is 0 Å². The molecule has 0 bridgehead atoms. The highest BCUT2D eigenvalue weighted by Gasteiger charge is 2.24. The summed E-state index contributed by atoms with van der Waals surface area (Å²) >= 11 is 1.07. The maximum absolute atomic E-state index is 12.0. The number of hydrogen-bond acceptors (Lipinski definition) is 5. The summed E-state index contributed by atoms with van der Waals surface area (Å²) in [6.07, 6.45) is 0. The zero-order valence-electron chi connectivity index (χ0n) is 12.4. The standard InChI is InChI=1S/C17H13N3O2S/c1-12(21)15(16(22)13-8-4-2-5-9-13)17-18-20(19-23-17)14-10-6-3-7-11-14/h2-11H,1H3/p+1. The highest BCUT2D eigenvalue weighted by Crippen LogP contribution is 2.25. The molecule has 2 aromatic carbocycles. The van der Waals surface area contributed by atoms with Gasteiger partial charge in [0, 0.05) is 22.8 Å². The van der Waals surface area contributed by atoms with Crippen LogP contribution in [0.2, 0.25) is 0 Å². The Labute approximate surface area is 137 Å². The Bertz CT molecular complexity index is 858. The summed E-state index contributed by atoms with van der Waals surface area (Å²) in [5, 5.41) is 15.2. The molecule has 5 nitrogen and oxygen atoms in total. The summed E-state index contributed by atoms with van der Waals surface area (Å²) < 4.78 is 4.22. The first-order valence-electron chi connectivity index (χ1n) is 6.98. The van der Waals surface area contributed by atoms with Crippen LogP contribution in [0.3, 0.4) is 0 Å². The van der Waals surface area contributed by atoms with Gasteiger partial charge in [0.05, 0.1) is 20.8 Å². The van der Waals surface area contributed by atoms with Crippen molar-refractivity contribution in [2.24, 2.45) is 0 Å². The van der Waals surface area contributed by atoms with E-state index in [-0.39, 0.29) is 17.1 Å². The van der Waals surface area contributed by atoms with Gasteiger partial charge in [0.1, 0.15) is 11.3 Å². The van der Waals surface area contributed by atoms with E-state index in [1.165, 1.54) is 11.7 Å². The summed E-state index contributed by atoms with van der Waals surface area (Å²) in [7, 11) is 0. The largest absolute Gasteiger partial charge is 0.506 e. The Hall–Kier alpha value is -2.86. The monoisotopic (exact) mass is 324 g/mol. The highest BCUT2D eigenvalue weighted by atomic mass is 32.1. The number of carbonyl (C=O) groups is 1. The molecule has 0 saturated heterocycles. The van der Waals surface area contributed by atoms with E-state index >= 15 is 0 Å². The van der Waals surface area contributed by atoms with E-state index in [4.69, 9.17) is 0 Å². The van der Waals surface area contributed by atoms with Gasteiger partial charge in [-0.3, -0.25) is 4.79 Å². The third-order valence-electron chi connectivity index (χ3n) is 3.23. The average molecular weight is 324 g/mol. The molecule has 3 rings (SSSR count). The number of benzene rings is 2. The van der Waals surface area contributed by atoms with Crippen molar-refractivity contribution in [1.82, 2.24) is 9.59 Å². The summed E-state index contributed by atoms with van der Waals surface area (Å²) in [5.74, 6) is -0.350. The quantitative estimate of drug-likeness (QED) is 0.455. The predicted molar refractivity (Wildman–Crippen MR) is 88.0 cm³/mol. The van der Waals surface area contributed by atoms with E-state index in [0.29, 0.717) is 10.6 Å². The van der Waals surface area contributed by atoms with Gasteiger partial charge in [0.2, 0.25) is 5.01 Å². The summed E-state index contributed by atoms with van der Waals surface area (Å²) in [5.41, 5.74) is 1.53. The van der Waals surface area contributed by atoms with Gasteiger partial charge in [-0.2, -0.15) is 0 Å². The molecule has 0 aliphatic rings. The fourth-order valence-corrected chi connectivity index (χ4v) is 2.85. The van der Waals surface area contributed by atoms with Crippen LogP contribution in [0, 0.1) is 0 Å². The van der Waals surface area contributed by atoms with Crippen molar-refractivity contribution < 1.29 is 14.7 Å². The second-order valence-corrected chi connectivity index (χ2v) is 5.58. The molecular formula is C17H14N3O2S+. The van der Waals surface area contributed by atoms with Crippen molar-refractivity contribution in [3.8, 4) is 5.69 Å². The number of para-hydroxylation sites is 1. The van der Waals surface area contributed by atoms with E-state index in [2.05, 4.69) is 9.59 Å². The lowest BCUT2D eigenvalue weighted by atomic mass is 10.1. The minimum absolute atomic E-state index is 0.0885. The van der Waals surface area contributed by atoms with Gasteiger partial charge < -0.3 is 5.11 Å². The predicted octanol–water partition coefficient (Wildman–Crippen LogP) is 2.83. The minimum Gasteiger partial charge on any atom is -0.506 e. The van der Waals surface area contributed by atoms with Gasteiger partial charge in [-0.1, -0.05) is 48.5 Å². The van der Waals surface area contributed by atoms with Crippen molar-refractivity contribution >= 4 is 28.6 Å². The van der Waals surface area contributed by atoms with Crippen molar-refractivity contribution in [1.29, 1.82) is 0 Å². The Morgan fingerprint density at radius 2 is 1.65 bits per heavy atom. The molecule has 0 aliphatic heterocycles. The van der Waals surface area contributed by atoms with Crippen LogP contribution >= 0.6 is 11.5 Å². The molecule has 0 fully saturated rings. The summed E-state index contributed by atoms with van der Waals surface area (Å²) in [6, 6.07) is 18.3. The van der Waals surface area contributed by atoms with Crippen LogP contribution in [-0.4, -0.2) is 20.5 Å². The van der Waals surface area contributed by atoms with E-state index < -0.39 is 0 Å². The van der Waals surface area contributed by atoms with Gasteiger partial charge in [-0.15, -0.1) is 0 Å². The number of rotatable bonds is 4. The number of Topliss-reactive ketones (excluding diaryl/α,β-unsaturated/α-hetero) is 1. The Kier molecular flexibility index (Phi) is 4.25. The van der Waals surface area contributed by atoms with E-state index in [0.717, 1.165) is 17.2 Å². The van der Waals surface area contributed by atoms with Crippen LogP contribution < -0.4 is 4.80 Å². The topological polar surface area (TPSA) is 67.0 Å². The smallest absolute Gasteiger partial charge is 0.269 e. The van der Waals surface area contributed by atoms with Crippen LogP contribution in [0.25, 0.3) is 17.0 Å². The molecule has 0 unspecified atom stereocenters. The Balaban J connectivity index is 2.07. The number of aromatic nitrogens is 3. The first kappa shape index (κ1) is 15.1. The van der Waals surface area contributed by atoms with Crippen LogP contribution in [0.15, 0.2) is 60.7 Å². The van der Waals surface area contributed by atoms with E-state index in [1.807, 2.05) is 36.4 Å². The first-order valence-corrected chi connectivity index (χ1v) is 7.76. The summed E-state index contributed by atoms with van der Waals surface area (Å²) in [6.45, 7) is 1.41. The number of allylic oxidation sites excluding steroid dienone is 1. The second-order valence-electron chi connectivity index (χ2n) is 4.85. The number of aliphatic hydroxyl groups excluding tert-OH is 1. The molecule has 1 aromatic heterocycles. The van der Waals surface area contributed by atoms with E-state index in [1.54, 1.807) is 24.3 Å². The third-order valence-corrected chi connectivity index (χ3v) is 3.92. The fourth-order valence-electron chi connectivity index (χ4n) is 2.12. The lowest BCUT2D eigenvalue weighted by Crippen LogP contribution is -2.35. The van der Waals surface area contributed by atoms with Gasteiger partial charge in [-0.25, -0.2) is 0 Å². The van der Waals surface area contributed by atoms with Crippen LogP contribution in [0.1, 0.15) is 17.5 Å². The number of aliphatic hydroxyl groups is 1. The van der Waals surface area contributed by atoms with Gasteiger partial charge in [0.15, 0.2) is 5.78 Å². The normalized spacial score (nSPS) is 11.9. The Morgan fingerprint density at radius 1 is 1.04 bits per heavy atom. The highest BCUT2D eigenvalue weighted by molar-refractivity contribution is 7.06. The minimum atomic E-state index is -0.261. The lowest BCUT2D eigenvalue weighted by molar-refractivity contribution is -0.710. The molecule has 1 heterocycles. The van der Waals surface area contributed by atoms with Crippen molar-refractivity contribution in [3.63, 3.8) is 0 Å². The maximum atomic E-state index is 12.0. The van der Waals surface area contributed by atoms with Gasteiger partial charge in [0.25, 0.3) is 5.69 Å². The van der Waals surface area contributed by atoms with E-state index in [9.17, 15) is 9.90 Å². The maximum Gasteiger partial charge on any atom is 0.269 e. The molecular weight excluding hydrogens is 310 g/mol. The SMILES string of the molecule is CC(=O)/C(=C(/O)c1ccccc1)c1n[n+](-c2ccccc2)ns1. The van der Waals surface area contributed by atoms with Crippen molar-refractivity contribution in [2.45, 2.75) is 6.92 Å². The second kappa shape index (κ2) is 6.50.